The van der Waals surface area contributed by atoms with Gasteiger partial charge in [-0.3, -0.25) is 4.90 Å². The number of benzene rings is 1. The van der Waals surface area contributed by atoms with Crippen LogP contribution in [0.5, 0.6) is 0 Å². The fourth-order valence-electron chi connectivity index (χ4n) is 2.84. The summed E-state index contributed by atoms with van der Waals surface area (Å²) in [6, 6.07) is 9.87. The molecule has 0 amide bonds. The Morgan fingerprint density at radius 2 is 1.89 bits per heavy atom. The average molecular weight is 325 g/mol. The molecule has 1 heterocycles. The SMILES string of the molecule is CC1CN(Cc2ccc(Br)cc2)C(C(C)(C)C)CN1. The number of nitrogens with one attached hydrogen (secondary N) is 1. The minimum Gasteiger partial charge on any atom is -0.311 e. The van der Waals surface area contributed by atoms with Gasteiger partial charge in [0.1, 0.15) is 0 Å². The lowest BCUT2D eigenvalue weighted by molar-refractivity contribution is 0.0526. The average Bonchev–Trinajstić information content (AvgIpc) is 2.30. The van der Waals surface area contributed by atoms with Crippen LogP contribution < -0.4 is 5.32 Å². The second-order valence-electron chi connectivity index (χ2n) is 6.75. The molecule has 0 spiro atoms. The number of hydrogen-bond donors (Lipinski definition) is 1. The maximum atomic E-state index is 3.61. The first-order chi connectivity index (χ1) is 8.86. The van der Waals surface area contributed by atoms with E-state index in [-0.39, 0.29) is 0 Å². The van der Waals surface area contributed by atoms with E-state index in [2.05, 4.69) is 78.1 Å². The molecule has 1 aromatic carbocycles. The van der Waals surface area contributed by atoms with Gasteiger partial charge in [-0.2, -0.15) is 0 Å². The van der Waals surface area contributed by atoms with Crippen molar-refractivity contribution in [3.8, 4) is 0 Å². The highest BCUT2D eigenvalue weighted by Crippen LogP contribution is 2.27. The Morgan fingerprint density at radius 3 is 2.47 bits per heavy atom. The molecule has 0 aromatic heterocycles. The molecule has 0 radical (unpaired) electrons. The molecule has 2 nitrogen and oxygen atoms in total. The highest BCUT2D eigenvalue weighted by atomic mass is 79.9. The van der Waals surface area contributed by atoms with Gasteiger partial charge in [0, 0.05) is 36.2 Å². The maximum Gasteiger partial charge on any atom is 0.0273 e. The third-order valence-electron chi connectivity index (χ3n) is 3.91. The Hall–Kier alpha value is -0.380. The molecule has 106 valence electrons. The second-order valence-corrected chi connectivity index (χ2v) is 7.66. The molecular weight excluding hydrogens is 300 g/mol. The van der Waals surface area contributed by atoms with Gasteiger partial charge in [0.25, 0.3) is 0 Å². The van der Waals surface area contributed by atoms with Crippen LogP contribution in [0.3, 0.4) is 0 Å². The van der Waals surface area contributed by atoms with Gasteiger partial charge in [0.2, 0.25) is 0 Å². The molecule has 2 unspecified atom stereocenters. The summed E-state index contributed by atoms with van der Waals surface area (Å²) in [4.78, 5) is 2.63. The number of hydrogen-bond acceptors (Lipinski definition) is 2. The van der Waals surface area contributed by atoms with Crippen LogP contribution in [0.15, 0.2) is 28.7 Å². The summed E-state index contributed by atoms with van der Waals surface area (Å²) in [6.45, 7) is 12.5. The Labute approximate surface area is 125 Å². The van der Waals surface area contributed by atoms with Crippen LogP contribution in [-0.4, -0.2) is 30.1 Å². The molecule has 3 heteroatoms. The zero-order valence-electron chi connectivity index (χ0n) is 12.4. The molecule has 1 N–H and O–H groups in total. The second kappa shape index (κ2) is 5.94. The van der Waals surface area contributed by atoms with Crippen molar-refractivity contribution in [1.29, 1.82) is 0 Å². The third kappa shape index (κ3) is 4.04. The number of halogens is 1. The normalized spacial score (nSPS) is 25.5. The standard InChI is InChI=1S/C16H25BrN2/c1-12-10-19(15(9-18-12)16(2,3)4)11-13-5-7-14(17)8-6-13/h5-8,12,15,18H,9-11H2,1-4H3. The molecule has 1 aliphatic rings. The van der Waals surface area contributed by atoms with Crippen molar-refractivity contribution >= 4 is 15.9 Å². The van der Waals surface area contributed by atoms with Gasteiger partial charge in [-0.1, -0.05) is 48.8 Å². The Kier molecular flexibility index (Phi) is 4.70. The molecule has 0 bridgehead atoms. The number of rotatable bonds is 2. The molecular formula is C16H25BrN2. The van der Waals surface area contributed by atoms with E-state index in [9.17, 15) is 0 Å². The Balaban J connectivity index is 2.12. The lowest BCUT2D eigenvalue weighted by atomic mass is 9.83. The van der Waals surface area contributed by atoms with Crippen molar-refractivity contribution in [2.75, 3.05) is 13.1 Å². The third-order valence-corrected chi connectivity index (χ3v) is 4.44. The fourth-order valence-corrected chi connectivity index (χ4v) is 3.10. The molecule has 2 rings (SSSR count). The van der Waals surface area contributed by atoms with Gasteiger partial charge in [-0.25, -0.2) is 0 Å². The molecule has 19 heavy (non-hydrogen) atoms. The monoisotopic (exact) mass is 324 g/mol. The van der Waals surface area contributed by atoms with Gasteiger partial charge >= 0.3 is 0 Å². The number of nitrogens with zero attached hydrogens (tertiary/aromatic N) is 1. The van der Waals surface area contributed by atoms with Crippen LogP contribution in [0.2, 0.25) is 0 Å². The molecule has 2 atom stereocenters. The van der Waals surface area contributed by atoms with E-state index in [0.29, 0.717) is 17.5 Å². The predicted molar refractivity (Wildman–Crippen MR) is 85.3 cm³/mol. The smallest absolute Gasteiger partial charge is 0.0273 e. The van der Waals surface area contributed by atoms with E-state index in [4.69, 9.17) is 0 Å². The largest absolute Gasteiger partial charge is 0.311 e. The van der Waals surface area contributed by atoms with Crippen LogP contribution in [0, 0.1) is 5.41 Å². The van der Waals surface area contributed by atoms with Crippen LogP contribution in [0.1, 0.15) is 33.3 Å². The molecule has 1 aromatic rings. The summed E-state index contributed by atoms with van der Waals surface area (Å²) in [6.07, 6.45) is 0. The summed E-state index contributed by atoms with van der Waals surface area (Å²) in [7, 11) is 0. The van der Waals surface area contributed by atoms with Gasteiger partial charge < -0.3 is 5.32 Å². The topological polar surface area (TPSA) is 15.3 Å². The quantitative estimate of drug-likeness (QED) is 0.893. The van der Waals surface area contributed by atoms with Crippen molar-refractivity contribution in [3.05, 3.63) is 34.3 Å². The van der Waals surface area contributed by atoms with Gasteiger partial charge in [0.15, 0.2) is 0 Å². The van der Waals surface area contributed by atoms with Crippen molar-refractivity contribution in [3.63, 3.8) is 0 Å². The lowest BCUT2D eigenvalue weighted by Crippen LogP contribution is -2.59. The van der Waals surface area contributed by atoms with E-state index in [1.807, 2.05) is 0 Å². The lowest BCUT2D eigenvalue weighted by Gasteiger charge is -2.46. The summed E-state index contributed by atoms with van der Waals surface area (Å²) in [5, 5.41) is 3.61. The van der Waals surface area contributed by atoms with Crippen molar-refractivity contribution < 1.29 is 0 Å². The zero-order valence-corrected chi connectivity index (χ0v) is 14.0. The summed E-state index contributed by atoms with van der Waals surface area (Å²) < 4.78 is 1.15. The van der Waals surface area contributed by atoms with Crippen LogP contribution in [-0.2, 0) is 6.54 Å². The van der Waals surface area contributed by atoms with Gasteiger partial charge in [0.05, 0.1) is 0 Å². The molecule has 0 aliphatic carbocycles. The summed E-state index contributed by atoms with van der Waals surface area (Å²) >= 11 is 3.50. The van der Waals surface area contributed by atoms with Crippen molar-refractivity contribution in [1.82, 2.24) is 10.2 Å². The first-order valence-corrected chi connectivity index (χ1v) is 7.87. The molecule has 1 aliphatic heterocycles. The molecule has 0 saturated carbocycles. The van der Waals surface area contributed by atoms with Gasteiger partial charge in [-0.15, -0.1) is 0 Å². The summed E-state index contributed by atoms with van der Waals surface area (Å²) in [5.74, 6) is 0. The Bertz CT molecular complexity index is 408. The van der Waals surface area contributed by atoms with E-state index in [1.54, 1.807) is 0 Å². The molecule has 1 fully saturated rings. The Morgan fingerprint density at radius 1 is 1.26 bits per heavy atom. The van der Waals surface area contributed by atoms with Gasteiger partial charge in [-0.05, 0) is 30.0 Å². The minimum atomic E-state index is 0.308. The summed E-state index contributed by atoms with van der Waals surface area (Å²) in [5.41, 5.74) is 1.70. The van der Waals surface area contributed by atoms with E-state index in [0.717, 1.165) is 24.1 Å². The van der Waals surface area contributed by atoms with Crippen molar-refractivity contribution in [2.24, 2.45) is 5.41 Å². The minimum absolute atomic E-state index is 0.308. The van der Waals surface area contributed by atoms with E-state index < -0.39 is 0 Å². The van der Waals surface area contributed by atoms with E-state index >= 15 is 0 Å². The highest BCUT2D eigenvalue weighted by molar-refractivity contribution is 9.10. The highest BCUT2D eigenvalue weighted by Gasteiger charge is 2.34. The zero-order chi connectivity index (χ0) is 14.0. The van der Waals surface area contributed by atoms with Crippen LogP contribution in [0.4, 0.5) is 0 Å². The number of piperazine rings is 1. The first-order valence-electron chi connectivity index (χ1n) is 7.08. The van der Waals surface area contributed by atoms with Crippen molar-refractivity contribution in [2.45, 2.75) is 46.3 Å². The first kappa shape index (κ1) is 15.0. The predicted octanol–water partition coefficient (Wildman–Crippen LogP) is 3.66. The maximum absolute atomic E-state index is 3.61. The molecule has 1 saturated heterocycles. The van der Waals surface area contributed by atoms with E-state index in [1.165, 1.54) is 5.56 Å². The van der Waals surface area contributed by atoms with Crippen LogP contribution >= 0.6 is 15.9 Å². The fraction of sp³-hybridized carbons (Fsp3) is 0.625. The van der Waals surface area contributed by atoms with Crippen LogP contribution in [0.25, 0.3) is 0 Å².